The van der Waals surface area contributed by atoms with E-state index >= 15 is 0 Å². The second kappa shape index (κ2) is 6.46. The third-order valence-corrected chi connectivity index (χ3v) is 4.02. The lowest BCUT2D eigenvalue weighted by Gasteiger charge is -2.11. The van der Waals surface area contributed by atoms with Crippen LogP contribution in [0.25, 0.3) is 10.9 Å². The lowest BCUT2D eigenvalue weighted by Crippen LogP contribution is -2.24. The number of aliphatic imine (C=N–C) groups is 1. The number of amidine groups is 1. The van der Waals surface area contributed by atoms with Crippen LogP contribution in [-0.2, 0) is 17.7 Å². The predicted molar refractivity (Wildman–Crippen MR) is 88.3 cm³/mol. The molecule has 1 aliphatic rings. The quantitative estimate of drug-likeness (QED) is 0.832. The van der Waals surface area contributed by atoms with Crippen molar-refractivity contribution < 1.29 is 4.74 Å². The Bertz CT molecular complexity index is 739. The number of halogens is 1. The fourth-order valence-electron chi connectivity index (χ4n) is 2.80. The van der Waals surface area contributed by atoms with E-state index in [0.717, 1.165) is 35.5 Å². The second-order valence-corrected chi connectivity index (χ2v) is 5.57. The summed E-state index contributed by atoms with van der Waals surface area (Å²) in [7, 11) is 1.64. The Kier molecular flexibility index (Phi) is 4.40. The van der Waals surface area contributed by atoms with Crippen molar-refractivity contribution in [3.05, 3.63) is 33.8 Å². The van der Waals surface area contributed by atoms with Gasteiger partial charge in [0, 0.05) is 30.5 Å². The number of ether oxygens (including phenoxy) is 1. The summed E-state index contributed by atoms with van der Waals surface area (Å²) in [5.41, 5.74) is 2.22. The molecule has 0 spiro atoms. The summed E-state index contributed by atoms with van der Waals surface area (Å²) in [5, 5.41) is 7.86. The van der Waals surface area contributed by atoms with Crippen molar-refractivity contribution in [2.24, 2.45) is 10.2 Å². The molecule has 0 atom stereocenters. The van der Waals surface area contributed by atoms with E-state index in [0.29, 0.717) is 30.3 Å². The molecule has 1 N–H and O–H groups in total. The van der Waals surface area contributed by atoms with Crippen LogP contribution in [0.3, 0.4) is 0 Å². The number of hydrogen-bond donors (Lipinski definition) is 1. The van der Waals surface area contributed by atoms with E-state index in [1.165, 1.54) is 0 Å². The normalized spacial score (nSPS) is 14.2. The van der Waals surface area contributed by atoms with Crippen molar-refractivity contribution in [3.63, 3.8) is 0 Å². The first-order chi connectivity index (χ1) is 10.7. The smallest absolute Gasteiger partial charge is 0.136 e. The minimum Gasteiger partial charge on any atom is -0.384 e. The first-order valence-corrected chi connectivity index (χ1v) is 7.52. The third kappa shape index (κ3) is 2.71. The van der Waals surface area contributed by atoms with Crippen LogP contribution in [0, 0.1) is 4.91 Å². The third-order valence-electron chi connectivity index (χ3n) is 3.79. The molecule has 0 aliphatic carbocycles. The number of nitrogens with one attached hydrogen (secondary N) is 1. The topological polar surface area (TPSA) is 68.0 Å². The highest BCUT2D eigenvalue weighted by molar-refractivity contribution is 6.31. The standard InChI is InChI=1S/C15H17ClN4O2/c1-22-7-4-13-15(19-21)11-8-10(16)2-3-12(11)20(13)9-14-17-5-6-18-14/h2-3,8H,4-7,9H2,1H3,(H,17,18). The number of fused-ring (bicyclic) bond motifs is 1. The minimum atomic E-state index is 0.438. The lowest BCUT2D eigenvalue weighted by atomic mass is 10.2. The molecule has 0 radical (unpaired) electrons. The average molecular weight is 321 g/mol. The van der Waals surface area contributed by atoms with Gasteiger partial charge in [-0.3, -0.25) is 4.99 Å². The van der Waals surface area contributed by atoms with Crippen LogP contribution in [0.1, 0.15) is 5.69 Å². The highest BCUT2D eigenvalue weighted by atomic mass is 35.5. The van der Waals surface area contributed by atoms with Gasteiger partial charge in [-0.25, -0.2) is 0 Å². The zero-order valence-electron chi connectivity index (χ0n) is 12.3. The van der Waals surface area contributed by atoms with Crippen LogP contribution in [0.4, 0.5) is 5.69 Å². The van der Waals surface area contributed by atoms with Crippen molar-refractivity contribution in [1.82, 2.24) is 9.88 Å². The molecule has 2 heterocycles. The number of hydrogen-bond acceptors (Lipinski definition) is 5. The summed E-state index contributed by atoms with van der Waals surface area (Å²) in [5.74, 6) is 0.919. The number of nitrogens with zero attached hydrogens (tertiary/aromatic N) is 3. The van der Waals surface area contributed by atoms with Crippen LogP contribution in [-0.4, -0.2) is 37.2 Å². The van der Waals surface area contributed by atoms with Crippen molar-refractivity contribution in [1.29, 1.82) is 0 Å². The van der Waals surface area contributed by atoms with Crippen LogP contribution in [0.5, 0.6) is 0 Å². The fourth-order valence-corrected chi connectivity index (χ4v) is 2.97. The Balaban J connectivity index is 2.14. The van der Waals surface area contributed by atoms with E-state index in [9.17, 15) is 4.91 Å². The van der Waals surface area contributed by atoms with Gasteiger partial charge >= 0.3 is 0 Å². The first-order valence-electron chi connectivity index (χ1n) is 7.14. The van der Waals surface area contributed by atoms with Crippen LogP contribution >= 0.6 is 11.6 Å². The summed E-state index contributed by atoms with van der Waals surface area (Å²) < 4.78 is 7.23. The van der Waals surface area contributed by atoms with Gasteiger partial charge in [0.15, 0.2) is 0 Å². The molecule has 0 unspecified atom stereocenters. The van der Waals surface area contributed by atoms with E-state index in [1.54, 1.807) is 13.2 Å². The Hall–Kier alpha value is -1.92. The second-order valence-electron chi connectivity index (χ2n) is 5.13. The van der Waals surface area contributed by atoms with Gasteiger partial charge in [-0.2, -0.15) is 0 Å². The fraction of sp³-hybridized carbons (Fsp3) is 0.400. The molecule has 3 rings (SSSR count). The van der Waals surface area contributed by atoms with E-state index in [4.69, 9.17) is 16.3 Å². The molecule has 0 amide bonds. The zero-order valence-corrected chi connectivity index (χ0v) is 13.1. The Morgan fingerprint density at radius 3 is 3.05 bits per heavy atom. The van der Waals surface area contributed by atoms with Gasteiger partial charge in [0.2, 0.25) is 0 Å². The van der Waals surface area contributed by atoms with E-state index in [1.807, 2.05) is 12.1 Å². The molecule has 0 fully saturated rings. The largest absolute Gasteiger partial charge is 0.384 e. The molecule has 0 saturated heterocycles. The molecule has 1 aromatic carbocycles. The van der Waals surface area contributed by atoms with Crippen molar-refractivity contribution >= 4 is 34.0 Å². The van der Waals surface area contributed by atoms with E-state index in [2.05, 4.69) is 20.1 Å². The van der Waals surface area contributed by atoms with Gasteiger partial charge in [-0.1, -0.05) is 11.6 Å². The van der Waals surface area contributed by atoms with Gasteiger partial charge in [0.05, 0.1) is 30.9 Å². The lowest BCUT2D eigenvalue weighted by molar-refractivity contribution is 0.201. The SMILES string of the molecule is COCCc1c(N=O)c2cc(Cl)ccc2n1CC1=NCCN1. The summed E-state index contributed by atoms with van der Waals surface area (Å²) >= 11 is 6.07. The van der Waals surface area contributed by atoms with Gasteiger partial charge < -0.3 is 14.6 Å². The molecule has 1 aliphatic heterocycles. The number of methoxy groups -OCH3 is 1. The number of aromatic nitrogens is 1. The zero-order chi connectivity index (χ0) is 15.5. The maximum atomic E-state index is 11.4. The van der Waals surface area contributed by atoms with Crippen molar-refractivity contribution in [3.8, 4) is 0 Å². The molecular weight excluding hydrogens is 304 g/mol. The van der Waals surface area contributed by atoms with Gasteiger partial charge in [-0.15, -0.1) is 4.91 Å². The highest BCUT2D eigenvalue weighted by Crippen LogP contribution is 2.35. The van der Waals surface area contributed by atoms with Gasteiger partial charge in [0.25, 0.3) is 0 Å². The molecule has 22 heavy (non-hydrogen) atoms. The first kappa shape index (κ1) is 15.0. The molecule has 2 aromatic rings. The van der Waals surface area contributed by atoms with E-state index < -0.39 is 0 Å². The van der Waals surface area contributed by atoms with Crippen LogP contribution in [0.2, 0.25) is 5.02 Å². The number of benzene rings is 1. The van der Waals surface area contributed by atoms with Gasteiger partial charge in [-0.05, 0) is 23.4 Å². The molecule has 116 valence electrons. The number of nitroso groups, excluding NO2 is 1. The summed E-state index contributed by atoms with van der Waals surface area (Å²) in [6, 6.07) is 5.52. The van der Waals surface area contributed by atoms with Crippen molar-refractivity contribution in [2.45, 2.75) is 13.0 Å². The van der Waals surface area contributed by atoms with Gasteiger partial charge in [0.1, 0.15) is 11.5 Å². The Morgan fingerprint density at radius 2 is 2.36 bits per heavy atom. The Morgan fingerprint density at radius 1 is 1.50 bits per heavy atom. The predicted octanol–water partition coefficient (Wildman–Crippen LogP) is 2.88. The molecule has 1 aromatic heterocycles. The van der Waals surface area contributed by atoms with Crippen LogP contribution in [0.15, 0.2) is 28.4 Å². The average Bonchev–Trinajstić information content (AvgIpc) is 3.12. The maximum Gasteiger partial charge on any atom is 0.136 e. The van der Waals surface area contributed by atoms with Crippen molar-refractivity contribution in [2.75, 3.05) is 26.8 Å². The highest BCUT2D eigenvalue weighted by Gasteiger charge is 2.20. The summed E-state index contributed by atoms with van der Waals surface area (Å²) in [6.07, 6.45) is 0.608. The summed E-state index contributed by atoms with van der Waals surface area (Å²) in [6.45, 7) is 2.75. The maximum absolute atomic E-state index is 11.4. The molecule has 6 nitrogen and oxygen atoms in total. The van der Waals surface area contributed by atoms with Crippen LogP contribution < -0.4 is 5.32 Å². The summed E-state index contributed by atoms with van der Waals surface area (Å²) in [4.78, 5) is 15.8. The molecule has 7 heteroatoms. The molecular formula is C15H17ClN4O2. The van der Waals surface area contributed by atoms with E-state index in [-0.39, 0.29) is 0 Å². The monoisotopic (exact) mass is 320 g/mol. The minimum absolute atomic E-state index is 0.438. The molecule has 0 bridgehead atoms. The number of rotatable bonds is 6. The Labute approximate surface area is 133 Å². The molecule has 0 saturated carbocycles.